The molecule has 0 aliphatic rings. The van der Waals surface area contributed by atoms with Crippen LogP contribution in [0.5, 0.6) is 5.75 Å². The first-order chi connectivity index (χ1) is 12.5. The number of hydrogen-bond acceptors (Lipinski definition) is 6. The second-order valence-electron chi connectivity index (χ2n) is 5.64. The highest BCUT2D eigenvalue weighted by Crippen LogP contribution is 2.16. The number of ether oxygens (including phenoxy) is 1. The summed E-state index contributed by atoms with van der Waals surface area (Å²) in [6, 6.07) is 6.99. The van der Waals surface area contributed by atoms with Crippen LogP contribution in [-0.2, 0) is 6.61 Å². The maximum atomic E-state index is 13.1. The molecule has 1 aromatic carbocycles. The van der Waals surface area contributed by atoms with E-state index in [0.29, 0.717) is 29.6 Å². The minimum Gasteiger partial charge on any atom is -0.487 e. The van der Waals surface area contributed by atoms with Gasteiger partial charge in [-0.15, -0.1) is 0 Å². The first-order valence-corrected chi connectivity index (χ1v) is 8.09. The van der Waals surface area contributed by atoms with Crippen molar-refractivity contribution in [3.8, 4) is 5.75 Å². The number of aromatic amines is 1. The van der Waals surface area contributed by atoms with Gasteiger partial charge in [-0.3, -0.25) is 9.89 Å². The molecule has 9 heteroatoms. The number of aromatic nitrogens is 4. The summed E-state index contributed by atoms with van der Waals surface area (Å²) in [6.07, 6.45) is 0.591. The summed E-state index contributed by atoms with van der Waals surface area (Å²) >= 11 is 0. The minimum absolute atomic E-state index is 0.129. The van der Waals surface area contributed by atoms with Gasteiger partial charge in [0.2, 0.25) is 5.89 Å². The van der Waals surface area contributed by atoms with Crippen LogP contribution < -0.4 is 10.1 Å². The fraction of sp³-hybridized carbons (Fsp3) is 0.294. The third-order valence-electron chi connectivity index (χ3n) is 3.61. The Kier molecular flexibility index (Phi) is 5.26. The first kappa shape index (κ1) is 17.6. The Balaban J connectivity index is 1.60. The SMILES string of the molecule is CCC(NC(=O)c1cc(COc2cccc(F)c2)[nH]n1)c1nc(C)no1. The fourth-order valence-corrected chi connectivity index (χ4v) is 2.30. The highest BCUT2D eigenvalue weighted by molar-refractivity contribution is 5.92. The third kappa shape index (κ3) is 4.24. The Morgan fingerprint density at radius 3 is 2.96 bits per heavy atom. The van der Waals surface area contributed by atoms with Crippen LogP contribution >= 0.6 is 0 Å². The molecule has 3 aromatic rings. The zero-order valence-electron chi connectivity index (χ0n) is 14.3. The lowest BCUT2D eigenvalue weighted by Gasteiger charge is -2.11. The summed E-state index contributed by atoms with van der Waals surface area (Å²) in [5.41, 5.74) is 0.790. The van der Waals surface area contributed by atoms with Crippen molar-refractivity contribution in [2.24, 2.45) is 0 Å². The molecule has 0 radical (unpaired) electrons. The summed E-state index contributed by atoms with van der Waals surface area (Å²) in [4.78, 5) is 16.5. The average molecular weight is 359 g/mol. The second kappa shape index (κ2) is 7.77. The standard InChI is InChI=1S/C17H18FN5O3/c1-3-14(17-19-10(2)23-26-17)20-16(24)15-8-12(21-22-15)9-25-13-6-4-5-11(18)7-13/h4-8,14H,3,9H2,1-2H3,(H,20,24)(H,21,22). The van der Waals surface area contributed by atoms with E-state index in [-0.39, 0.29) is 24.0 Å². The van der Waals surface area contributed by atoms with Crippen LogP contribution in [0.2, 0.25) is 0 Å². The van der Waals surface area contributed by atoms with Crippen molar-refractivity contribution in [3.05, 3.63) is 59.3 Å². The van der Waals surface area contributed by atoms with Crippen molar-refractivity contribution in [3.63, 3.8) is 0 Å². The number of aryl methyl sites for hydroxylation is 1. The number of carbonyl (C=O) groups is 1. The van der Waals surface area contributed by atoms with E-state index in [1.807, 2.05) is 6.92 Å². The lowest BCUT2D eigenvalue weighted by atomic mass is 10.2. The van der Waals surface area contributed by atoms with Crippen molar-refractivity contribution in [2.75, 3.05) is 0 Å². The van der Waals surface area contributed by atoms with Gasteiger partial charge in [-0.2, -0.15) is 10.1 Å². The van der Waals surface area contributed by atoms with Gasteiger partial charge in [0.25, 0.3) is 5.91 Å². The van der Waals surface area contributed by atoms with Crippen molar-refractivity contribution < 1.29 is 18.4 Å². The van der Waals surface area contributed by atoms with Gasteiger partial charge in [-0.25, -0.2) is 4.39 Å². The number of carbonyl (C=O) groups excluding carboxylic acids is 1. The van der Waals surface area contributed by atoms with Crippen molar-refractivity contribution >= 4 is 5.91 Å². The number of H-pyrrole nitrogens is 1. The number of nitrogens with zero attached hydrogens (tertiary/aromatic N) is 3. The molecule has 0 aliphatic heterocycles. The Bertz CT molecular complexity index is 892. The molecule has 1 amide bonds. The number of halogens is 1. The largest absolute Gasteiger partial charge is 0.487 e. The zero-order chi connectivity index (χ0) is 18.5. The minimum atomic E-state index is -0.396. The number of benzene rings is 1. The molecule has 0 bridgehead atoms. The lowest BCUT2D eigenvalue weighted by Crippen LogP contribution is -2.28. The molecule has 2 heterocycles. The summed E-state index contributed by atoms with van der Waals surface area (Å²) in [5, 5.41) is 13.2. The molecular formula is C17H18FN5O3. The molecule has 0 spiro atoms. The predicted octanol–water partition coefficient (Wildman–Crippen LogP) is 2.70. The molecule has 0 fully saturated rings. The van der Waals surface area contributed by atoms with Crippen LogP contribution in [0.1, 0.15) is 47.3 Å². The van der Waals surface area contributed by atoms with Gasteiger partial charge in [0.1, 0.15) is 29.9 Å². The van der Waals surface area contributed by atoms with E-state index in [2.05, 4.69) is 25.7 Å². The van der Waals surface area contributed by atoms with Crippen LogP contribution in [0.25, 0.3) is 0 Å². The highest BCUT2D eigenvalue weighted by atomic mass is 19.1. The van der Waals surface area contributed by atoms with E-state index in [4.69, 9.17) is 9.26 Å². The van der Waals surface area contributed by atoms with Crippen LogP contribution in [0.3, 0.4) is 0 Å². The highest BCUT2D eigenvalue weighted by Gasteiger charge is 2.21. The number of nitrogens with one attached hydrogen (secondary N) is 2. The van der Waals surface area contributed by atoms with Gasteiger partial charge in [-0.1, -0.05) is 18.1 Å². The molecule has 1 unspecified atom stereocenters. The Labute approximate surface area is 148 Å². The maximum absolute atomic E-state index is 13.1. The normalized spacial score (nSPS) is 12.0. The van der Waals surface area contributed by atoms with Crippen molar-refractivity contribution in [1.82, 2.24) is 25.7 Å². The van der Waals surface area contributed by atoms with Gasteiger partial charge in [0.15, 0.2) is 5.82 Å². The summed E-state index contributed by atoms with van der Waals surface area (Å²) in [7, 11) is 0. The van der Waals surface area contributed by atoms with Gasteiger partial charge >= 0.3 is 0 Å². The summed E-state index contributed by atoms with van der Waals surface area (Å²) in [5.74, 6) is 0.492. The van der Waals surface area contributed by atoms with E-state index in [0.717, 1.165) is 0 Å². The van der Waals surface area contributed by atoms with Gasteiger partial charge in [-0.05, 0) is 31.5 Å². The third-order valence-corrected chi connectivity index (χ3v) is 3.61. The van der Waals surface area contributed by atoms with E-state index in [9.17, 15) is 9.18 Å². The Hall–Kier alpha value is -3.23. The van der Waals surface area contributed by atoms with E-state index >= 15 is 0 Å². The first-order valence-electron chi connectivity index (χ1n) is 8.09. The lowest BCUT2D eigenvalue weighted by molar-refractivity contribution is 0.0922. The topological polar surface area (TPSA) is 106 Å². The Morgan fingerprint density at radius 1 is 1.42 bits per heavy atom. The molecule has 0 aliphatic carbocycles. The smallest absolute Gasteiger partial charge is 0.272 e. The molecule has 2 N–H and O–H groups in total. The van der Waals surface area contributed by atoms with Gasteiger partial charge in [0.05, 0.1) is 5.69 Å². The van der Waals surface area contributed by atoms with Crippen molar-refractivity contribution in [2.45, 2.75) is 32.9 Å². The van der Waals surface area contributed by atoms with Crippen LogP contribution in [0.15, 0.2) is 34.9 Å². The van der Waals surface area contributed by atoms with E-state index in [1.54, 1.807) is 25.1 Å². The molecule has 1 atom stereocenters. The molecule has 136 valence electrons. The summed E-state index contributed by atoms with van der Waals surface area (Å²) in [6.45, 7) is 3.73. The quantitative estimate of drug-likeness (QED) is 0.672. The molecule has 0 saturated carbocycles. The van der Waals surface area contributed by atoms with Crippen LogP contribution in [0.4, 0.5) is 4.39 Å². The van der Waals surface area contributed by atoms with Crippen LogP contribution in [-0.4, -0.2) is 26.2 Å². The number of amides is 1. The monoisotopic (exact) mass is 359 g/mol. The van der Waals surface area contributed by atoms with E-state index < -0.39 is 6.04 Å². The zero-order valence-corrected chi connectivity index (χ0v) is 14.3. The maximum Gasteiger partial charge on any atom is 0.272 e. The molecule has 2 aromatic heterocycles. The van der Waals surface area contributed by atoms with Gasteiger partial charge < -0.3 is 14.6 Å². The predicted molar refractivity (Wildman–Crippen MR) is 88.9 cm³/mol. The Morgan fingerprint density at radius 2 is 2.27 bits per heavy atom. The fourth-order valence-electron chi connectivity index (χ4n) is 2.30. The molecular weight excluding hydrogens is 341 g/mol. The average Bonchev–Trinajstić information content (AvgIpc) is 3.27. The number of hydrogen-bond donors (Lipinski definition) is 2. The number of rotatable bonds is 7. The summed E-state index contributed by atoms with van der Waals surface area (Å²) < 4.78 is 23.7. The van der Waals surface area contributed by atoms with Gasteiger partial charge in [0, 0.05) is 6.07 Å². The molecule has 8 nitrogen and oxygen atoms in total. The van der Waals surface area contributed by atoms with Crippen molar-refractivity contribution in [1.29, 1.82) is 0 Å². The van der Waals surface area contributed by atoms with E-state index in [1.165, 1.54) is 12.1 Å². The molecule has 0 saturated heterocycles. The van der Waals surface area contributed by atoms with Crippen LogP contribution in [0, 0.1) is 12.7 Å². The molecule has 26 heavy (non-hydrogen) atoms. The molecule has 3 rings (SSSR count). The second-order valence-corrected chi connectivity index (χ2v) is 5.64.